The Bertz CT molecular complexity index is 1490. The van der Waals surface area contributed by atoms with Crippen molar-refractivity contribution in [3.05, 3.63) is 132 Å². The molecule has 0 aromatic heterocycles. The minimum absolute atomic E-state index is 0.335. The van der Waals surface area contributed by atoms with Crippen molar-refractivity contribution >= 4 is 58.8 Å². The van der Waals surface area contributed by atoms with Gasteiger partial charge in [0.15, 0.2) is 0 Å². The van der Waals surface area contributed by atoms with Gasteiger partial charge in [-0.3, -0.25) is 0 Å². The molecular formula is C31H26BrO2P. The normalized spacial score (nSPS) is 12.6. The van der Waals surface area contributed by atoms with E-state index < -0.39 is 5.31 Å². The zero-order chi connectivity index (χ0) is 24.5. The van der Waals surface area contributed by atoms with Gasteiger partial charge in [0, 0.05) is 0 Å². The van der Waals surface area contributed by atoms with Crippen LogP contribution in [0.2, 0.25) is 0 Å². The second kappa shape index (κ2) is 9.07. The molecule has 5 aromatic rings. The Morgan fingerprint density at radius 2 is 1.26 bits per heavy atom. The number of rotatable bonds is 5. The van der Waals surface area contributed by atoms with E-state index >= 15 is 0 Å². The minimum atomic E-state index is -3.40. The summed E-state index contributed by atoms with van der Waals surface area (Å²) in [5.74, 6) is -0.335. The Kier molecular flexibility index (Phi) is 6.09. The predicted molar refractivity (Wildman–Crippen MR) is 154 cm³/mol. The Balaban J connectivity index is 2.01. The number of aryl methyl sites for hydroxylation is 1. The molecular weight excluding hydrogens is 515 g/mol. The summed E-state index contributed by atoms with van der Waals surface area (Å²) in [7, 11) is 1.41. The number of benzene rings is 5. The van der Waals surface area contributed by atoms with Crippen LogP contribution in [0, 0.1) is 6.92 Å². The van der Waals surface area contributed by atoms with Gasteiger partial charge in [0.25, 0.3) is 0 Å². The first kappa shape index (κ1) is 23.5. The van der Waals surface area contributed by atoms with E-state index in [0.29, 0.717) is 5.56 Å². The van der Waals surface area contributed by atoms with E-state index in [1.165, 1.54) is 33.9 Å². The molecule has 0 fully saturated rings. The number of halogens is 1. The van der Waals surface area contributed by atoms with Crippen LogP contribution in [0.4, 0.5) is 0 Å². The quantitative estimate of drug-likeness (QED) is 0.190. The van der Waals surface area contributed by atoms with E-state index in [-0.39, 0.29) is 5.97 Å². The molecule has 0 aliphatic rings. The SMILES string of the molecule is COC(=O)c1ccc2c(P(Br)(c3ccccc3)(c3ccccc3)c3ccccc3C)cccc2c1. The zero-order valence-electron chi connectivity index (χ0n) is 19.7. The van der Waals surface area contributed by atoms with E-state index in [0.717, 1.165) is 10.8 Å². The van der Waals surface area contributed by atoms with Crippen molar-refractivity contribution in [3.8, 4) is 0 Å². The summed E-state index contributed by atoms with van der Waals surface area (Å²) in [6, 6.07) is 42.4. The molecule has 0 radical (unpaired) electrons. The molecule has 0 aliphatic carbocycles. The number of methoxy groups -OCH3 is 1. The Morgan fingerprint density at radius 3 is 1.86 bits per heavy atom. The number of hydrogen-bond donors (Lipinski definition) is 0. The fourth-order valence-corrected chi connectivity index (χ4v) is 14.0. The Hall–Kier alpha value is -3.26. The van der Waals surface area contributed by atoms with Crippen molar-refractivity contribution in [1.29, 1.82) is 0 Å². The van der Waals surface area contributed by atoms with Crippen LogP contribution < -0.4 is 21.2 Å². The van der Waals surface area contributed by atoms with Gasteiger partial charge in [0.1, 0.15) is 0 Å². The number of hydrogen-bond acceptors (Lipinski definition) is 2. The first-order valence-electron chi connectivity index (χ1n) is 11.5. The molecule has 4 heteroatoms. The topological polar surface area (TPSA) is 26.3 Å². The van der Waals surface area contributed by atoms with E-state index in [1.54, 1.807) is 0 Å². The van der Waals surface area contributed by atoms with E-state index in [1.807, 2.05) is 12.1 Å². The van der Waals surface area contributed by atoms with Crippen molar-refractivity contribution < 1.29 is 9.53 Å². The third-order valence-electron chi connectivity index (χ3n) is 6.78. The van der Waals surface area contributed by atoms with Crippen LogP contribution in [-0.2, 0) is 4.74 Å². The van der Waals surface area contributed by atoms with Gasteiger partial charge >= 0.3 is 215 Å². The van der Waals surface area contributed by atoms with Gasteiger partial charge in [0.05, 0.1) is 0 Å². The van der Waals surface area contributed by atoms with Crippen LogP contribution in [0.15, 0.2) is 121 Å². The van der Waals surface area contributed by atoms with Gasteiger partial charge in [-0.2, -0.15) is 0 Å². The number of ether oxygens (including phenoxy) is 1. The van der Waals surface area contributed by atoms with Crippen LogP contribution >= 0.6 is 20.8 Å². The second-order valence-corrected chi connectivity index (χ2v) is 16.9. The van der Waals surface area contributed by atoms with Crippen LogP contribution in [0.5, 0.6) is 0 Å². The van der Waals surface area contributed by atoms with E-state index in [9.17, 15) is 4.79 Å². The summed E-state index contributed by atoms with van der Waals surface area (Å²) in [4.78, 5) is 12.3. The Labute approximate surface area is 214 Å². The van der Waals surface area contributed by atoms with Crippen LogP contribution in [0.1, 0.15) is 15.9 Å². The molecule has 2 nitrogen and oxygen atoms in total. The maximum atomic E-state index is 12.3. The molecule has 0 atom stereocenters. The fraction of sp³-hybridized carbons (Fsp3) is 0.0645. The number of carbonyl (C=O) groups excluding carboxylic acids is 1. The van der Waals surface area contributed by atoms with Crippen LogP contribution in [0.25, 0.3) is 10.8 Å². The number of fused-ring (bicyclic) bond motifs is 1. The molecule has 35 heavy (non-hydrogen) atoms. The summed E-state index contributed by atoms with van der Waals surface area (Å²) in [5, 5.41) is 3.63. The summed E-state index contributed by atoms with van der Waals surface area (Å²) in [6.45, 7) is 2.18. The summed E-state index contributed by atoms with van der Waals surface area (Å²) in [5.41, 5.74) is 1.76. The summed E-state index contributed by atoms with van der Waals surface area (Å²) in [6.07, 6.45) is 0. The van der Waals surface area contributed by atoms with Gasteiger partial charge in [-0.15, -0.1) is 0 Å². The zero-order valence-corrected chi connectivity index (χ0v) is 22.2. The molecule has 0 unspecified atom stereocenters. The van der Waals surface area contributed by atoms with Crippen molar-refractivity contribution in [2.45, 2.75) is 6.92 Å². The molecule has 0 N–H and O–H groups in total. The standard InChI is InChI=1S/C31H26BrO2P/c1-23-12-9-10-18-29(23)35(32,26-14-5-3-6-15-26,27-16-7-4-8-17-27)30-19-11-13-24-22-25(31(33)34-2)20-21-28(24)30/h3-22H,1-2H3. The molecule has 5 rings (SSSR count). The maximum absolute atomic E-state index is 12.3. The second-order valence-electron chi connectivity index (χ2n) is 8.67. The van der Waals surface area contributed by atoms with Crippen molar-refractivity contribution in [2.24, 2.45) is 0 Å². The van der Waals surface area contributed by atoms with Gasteiger partial charge < -0.3 is 0 Å². The molecule has 0 aliphatic heterocycles. The van der Waals surface area contributed by atoms with E-state index in [4.69, 9.17) is 4.74 Å². The van der Waals surface area contributed by atoms with Gasteiger partial charge in [-0.05, 0) is 0 Å². The van der Waals surface area contributed by atoms with Crippen molar-refractivity contribution in [2.75, 3.05) is 7.11 Å². The average Bonchev–Trinajstić information content (AvgIpc) is 2.93. The summed E-state index contributed by atoms with van der Waals surface area (Å²) < 4.78 is 4.99. The Morgan fingerprint density at radius 1 is 0.686 bits per heavy atom. The van der Waals surface area contributed by atoms with Gasteiger partial charge in [0.2, 0.25) is 0 Å². The molecule has 0 spiro atoms. The molecule has 174 valence electrons. The third kappa shape index (κ3) is 3.54. The van der Waals surface area contributed by atoms with Crippen molar-refractivity contribution in [3.63, 3.8) is 0 Å². The first-order chi connectivity index (χ1) is 17.0. The fourth-order valence-electron chi connectivity index (χ4n) is 5.16. The van der Waals surface area contributed by atoms with E-state index in [2.05, 4.69) is 132 Å². The predicted octanol–water partition coefficient (Wildman–Crippen LogP) is 6.40. The molecule has 0 saturated heterocycles. The van der Waals surface area contributed by atoms with Crippen LogP contribution in [-0.4, -0.2) is 13.1 Å². The van der Waals surface area contributed by atoms with Gasteiger partial charge in [-0.1, -0.05) is 0 Å². The monoisotopic (exact) mass is 540 g/mol. The molecule has 0 bridgehead atoms. The average molecular weight is 541 g/mol. The molecule has 0 amide bonds. The third-order valence-corrected chi connectivity index (χ3v) is 16.8. The number of carbonyl (C=O) groups is 1. The molecule has 0 saturated carbocycles. The van der Waals surface area contributed by atoms with Crippen molar-refractivity contribution in [1.82, 2.24) is 0 Å². The number of esters is 1. The first-order valence-corrected chi connectivity index (χ1v) is 15.8. The molecule has 5 aromatic carbocycles. The molecule has 0 heterocycles. The van der Waals surface area contributed by atoms with Gasteiger partial charge in [-0.25, -0.2) is 0 Å². The van der Waals surface area contributed by atoms with Crippen LogP contribution in [0.3, 0.4) is 0 Å². The summed E-state index contributed by atoms with van der Waals surface area (Å²) >= 11 is 4.60.